The van der Waals surface area contributed by atoms with Crippen molar-refractivity contribution in [1.29, 1.82) is 0 Å². The summed E-state index contributed by atoms with van der Waals surface area (Å²) in [6.45, 7) is 3.73. The van der Waals surface area contributed by atoms with Crippen LogP contribution >= 0.6 is 0 Å². The van der Waals surface area contributed by atoms with Crippen LogP contribution in [0.3, 0.4) is 0 Å². The van der Waals surface area contributed by atoms with Gasteiger partial charge < -0.3 is 15.0 Å². The first-order chi connectivity index (χ1) is 10.1. The van der Waals surface area contributed by atoms with E-state index in [0.29, 0.717) is 6.42 Å². The molecule has 0 spiro atoms. The highest BCUT2D eigenvalue weighted by Gasteiger charge is 2.20. The maximum Gasteiger partial charge on any atom is 0.407 e. The van der Waals surface area contributed by atoms with Gasteiger partial charge in [0, 0.05) is 25.6 Å². The molecule has 0 aliphatic carbocycles. The van der Waals surface area contributed by atoms with Gasteiger partial charge in [-0.2, -0.15) is 0 Å². The molecule has 1 fully saturated rings. The Bertz CT molecular complexity index is 470. The van der Waals surface area contributed by atoms with Gasteiger partial charge in [-0.3, -0.25) is 4.79 Å². The maximum atomic E-state index is 12.0. The molecule has 1 unspecified atom stereocenters. The van der Waals surface area contributed by atoms with Crippen molar-refractivity contribution >= 4 is 12.0 Å². The van der Waals surface area contributed by atoms with Crippen molar-refractivity contribution in [3.05, 3.63) is 35.9 Å². The molecular weight excluding hydrogens is 268 g/mol. The molecule has 0 aromatic heterocycles. The molecule has 21 heavy (non-hydrogen) atoms. The summed E-state index contributed by atoms with van der Waals surface area (Å²) in [5.41, 5.74) is 0.938. The van der Waals surface area contributed by atoms with Gasteiger partial charge in [0.1, 0.15) is 6.61 Å². The van der Waals surface area contributed by atoms with E-state index in [-0.39, 0.29) is 18.6 Å². The zero-order valence-electron chi connectivity index (χ0n) is 12.4. The smallest absolute Gasteiger partial charge is 0.407 e. The van der Waals surface area contributed by atoms with Gasteiger partial charge in [-0.15, -0.1) is 0 Å². The van der Waals surface area contributed by atoms with E-state index < -0.39 is 6.09 Å². The summed E-state index contributed by atoms with van der Waals surface area (Å²) in [7, 11) is 0. The fraction of sp³-hybridized carbons (Fsp3) is 0.500. The summed E-state index contributed by atoms with van der Waals surface area (Å²) in [6, 6.07) is 9.28. The minimum atomic E-state index is -0.486. The lowest BCUT2D eigenvalue weighted by atomic mass is 10.2. The van der Waals surface area contributed by atoms with Gasteiger partial charge in [-0.05, 0) is 25.3 Å². The lowest BCUT2D eigenvalue weighted by Crippen LogP contribution is -2.38. The molecule has 0 saturated carbocycles. The van der Waals surface area contributed by atoms with E-state index in [1.54, 1.807) is 0 Å². The normalized spacial score (nSPS) is 15.6. The number of likely N-dealkylation sites (tertiary alicyclic amines) is 1. The van der Waals surface area contributed by atoms with Crippen molar-refractivity contribution in [3.63, 3.8) is 0 Å². The summed E-state index contributed by atoms with van der Waals surface area (Å²) in [4.78, 5) is 25.5. The number of alkyl carbamates (subject to hydrolysis) is 1. The van der Waals surface area contributed by atoms with Crippen LogP contribution in [0.15, 0.2) is 30.3 Å². The molecule has 1 N–H and O–H groups in total. The number of rotatable bonds is 5. The molecule has 0 radical (unpaired) electrons. The Kier molecular flexibility index (Phi) is 5.60. The Morgan fingerprint density at radius 3 is 2.57 bits per heavy atom. The Labute approximate surface area is 125 Å². The fourth-order valence-corrected chi connectivity index (χ4v) is 2.37. The molecular formula is C16H22N2O3. The summed E-state index contributed by atoms with van der Waals surface area (Å²) >= 11 is 0. The number of nitrogens with one attached hydrogen (secondary N) is 1. The van der Waals surface area contributed by atoms with Crippen molar-refractivity contribution in [2.45, 2.75) is 38.8 Å². The summed E-state index contributed by atoms with van der Waals surface area (Å²) < 4.78 is 5.13. The van der Waals surface area contributed by atoms with Gasteiger partial charge >= 0.3 is 6.09 Å². The molecule has 1 aliphatic rings. The second-order valence-electron chi connectivity index (χ2n) is 5.40. The van der Waals surface area contributed by atoms with Crippen LogP contribution in [-0.2, 0) is 16.1 Å². The molecule has 0 bridgehead atoms. The molecule has 114 valence electrons. The zero-order chi connectivity index (χ0) is 15.1. The third kappa shape index (κ3) is 5.10. The summed E-state index contributed by atoms with van der Waals surface area (Å²) in [6.07, 6.45) is 1.99. The molecule has 1 aromatic rings. The average Bonchev–Trinajstić information content (AvgIpc) is 3.00. The van der Waals surface area contributed by atoms with Crippen LogP contribution in [0.2, 0.25) is 0 Å². The topological polar surface area (TPSA) is 58.6 Å². The largest absolute Gasteiger partial charge is 0.445 e. The lowest BCUT2D eigenvalue weighted by molar-refractivity contribution is -0.130. The number of nitrogens with zero attached hydrogens (tertiary/aromatic N) is 1. The van der Waals surface area contributed by atoms with E-state index in [2.05, 4.69) is 5.32 Å². The molecule has 1 saturated heterocycles. The second kappa shape index (κ2) is 7.67. The minimum absolute atomic E-state index is 0.100. The number of amides is 2. The number of carbonyl (C=O) groups excluding carboxylic acids is 2. The van der Waals surface area contributed by atoms with Crippen LogP contribution in [-0.4, -0.2) is 36.0 Å². The van der Waals surface area contributed by atoms with Crippen molar-refractivity contribution in [2.75, 3.05) is 13.1 Å². The standard InChI is InChI=1S/C16H22N2O3/c1-13(11-15(19)18-9-5-6-10-18)17-16(20)21-12-14-7-3-2-4-8-14/h2-4,7-8,13H,5-6,9-12H2,1H3,(H,17,20). The van der Waals surface area contributed by atoms with Crippen molar-refractivity contribution in [2.24, 2.45) is 0 Å². The third-order valence-corrected chi connectivity index (χ3v) is 3.52. The number of carbonyl (C=O) groups is 2. The van der Waals surface area contributed by atoms with E-state index >= 15 is 0 Å². The molecule has 1 aliphatic heterocycles. The highest BCUT2D eigenvalue weighted by Crippen LogP contribution is 2.10. The number of hydrogen-bond donors (Lipinski definition) is 1. The molecule has 2 amide bonds. The number of ether oxygens (including phenoxy) is 1. The van der Waals surface area contributed by atoms with Crippen LogP contribution in [0.25, 0.3) is 0 Å². The molecule has 1 heterocycles. The average molecular weight is 290 g/mol. The Hall–Kier alpha value is -2.04. The Morgan fingerprint density at radius 1 is 1.24 bits per heavy atom. The quantitative estimate of drug-likeness (QED) is 0.905. The van der Waals surface area contributed by atoms with Crippen LogP contribution in [0.4, 0.5) is 4.79 Å². The van der Waals surface area contributed by atoms with E-state index in [1.165, 1.54) is 0 Å². The van der Waals surface area contributed by atoms with Crippen molar-refractivity contribution < 1.29 is 14.3 Å². The number of benzene rings is 1. The first-order valence-electron chi connectivity index (χ1n) is 7.40. The van der Waals surface area contributed by atoms with E-state index in [4.69, 9.17) is 4.74 Å². The molecule has 1 aromatic carbocycles. The van der Waals surface area contributed by atoms with Gasteiger partial charge in [0.05, 0.1) is 0 Å². The van der Waals surface area contributed by atoms with Crippen LogP contribution in [0.5, 0.6) is 0 Å². The van der Waals surface area contributed by atoms with Gasteiger partial charge in [-0.1, -0.05) is 30.3 Å². The maximum absolute atomic E-state index is 12.0. The van der Waals surface area contributed by atoms with Crippen LogP contribution in [0, 0.1) is 0 Å². The van der Waals surface area contributed by atoms with E-state index in [1.807, 2.05) is 42.2 Å². The summed E-state index contributed by atoms with van der Waals surface area (Å²) in [5.74, 6) is 0.100. The fourth-order valence-electron chi connectivity index (χ4n) is 2.37. The van der Waals surface area contributed by atoms with Crippen LogP contribution < -0.4 is 5.32 Å². The predicted molar refractivity (Wildman–Crippen MR) is 79.7 cm³/mol. The Balaban J connectivity index is 1.68. The van der Waals surface area contributed by atoms with E-state index in [0.717, 1.165) is 31.5 Å². The number of hydrogen-bond acceptors (Lipinski definition) is 3. The molecule has 5 heteroatoms. The van der Waals surface area contributed by atoms with Crippen molar-refractivity contribution in [3.8, 4) is 0 Å². The lowest BCUT2D eigenvalue weighted by Gasteiger charge is -2.19. The Morgan fingerprint density at radius 2 is 1.90 bits per heavy atom. The van der Waals surface area contributed by atoms with Gasteiger partial charge in [0.15, 0.2) is 0 Å². The second-order valence-corrected chi connectivity index (χ2v) is 5.40. The van der Waals surface area contributed by atoms with Crippen LogP contribution in [0.1, 0.15) is 31.7 Å². The molecule has 5 nitrogen and oxygen atoms in total. The van der Waals surface area contributed by atoms with Gasteiger partial charge in [0.25, 0.3) is 0 Å². The first-order valence-corrected chi connectivity index (χ1v) is 7.40. The predicted octanol–water partition coefficient (Wildman–Crippen LogP) is 2.31. The SMILES string of the molecule is CC(CC(=O)N1CCCC1)NC(=O)OCc1ccccc1. The monoisotopic (exact) mass is 290 g/mol. The molecule has 1 atom stereocenters. The molecule has 2 rings (SSSR count). The minimum Gasteiger partial charge on any atom is -0.445 e. The summed E-state index contributed by atoms with van der Waals surface area (Å²) in [5, 5.41) is 2.70. The first kappa shape index (κ1) is 15.4. The van der Waals surface area contributed by atoms with E-state index in [9.17, 15) is 9.59 Å². The van der Waals surface area contributed by atoms with Gasteiger partial charge in [0.2, 0.25) is 5.91 Å². The van der Waals surface area contributed by atoms with Gasteiger partial charge in [-0.25, -0.2) is 4.79 Å². The zero-order valence-corrected chi connectivity index (χ0v) is 12.4. The third-order valence-electron chi connectivity index (χ3n) is 3.52. The highest BCUT2D eigenvalue weighted by molar-refractivity contribution is 5.78. The van der Waals surface area contributed by atoms with Crippen molar-refractivity contribution in [1.82, 2.24) is 10.2 Å². The highest BCUT2D eigenvalue weighted by atomic mass is 16.5.